The lowest BCUT2D eigenvalue weighted by atomic mass is 10.1. The highest BCUT2D eigenvalue weighted by Crippen LogP contribution is 2.46. The van der Waals surface area contributed by atoms with E-state index in [9.17, 15) is 22.8 Å². The van der Waals surface area contributed by atoms with E-state index in [1.165, 1.54) is 30.7 Å². The predicted molar refractivity (Wildman–Crippen MR) is 85.4 cm³/mol. The Bertz CT molecular complexity index is 699. The molecule has 1 aliphatic rings. The third-order valence-corrected chi connectivity index (χ3v) is 4.60. The number of methoxy groups -OCH3 is 2. The Labute approximate surface area is 151 Å². The summed E-state index contributed by atoms with van der Waals surface area (Å²) in [5, 5.41) is 8.79. The van der Waals surface area contributed by atoms with Crippen LogP contribution in [-0.2, 0) is 4.79 Å². The zero-order valence-corrected chi connectivity index (χ0v) is 14.7. The van der Waals surface area contributed by atoms with Gasteiger partial charge in [-0.1, -0.05) is 0 Å². The summed E-state index contributed by atoms with van der Waals surface area (Å²) in [4.78, 5) is 25.3. The van der Waals surface area contributed by atoms with Crippen LogP contribution in [0.4, 0.5) is 13.2 Å². The molecule has 0 spiro atoms. The van der Waals surface area contributed by atoms with Crippen molar-refractivity contribution in [3.05, 3.63) is 17.7 Å². The van der Waals surface area contributed by atoms with Gasteiger partial charge in [-0.2, -0.15) is 13.2 Å². The first-order valence-electron chi connectivity index (χ1n) is 7.48. The minimum Gasteiger partial charge on any atom is -0.493 e. The molecule has 1 heterocycles. The maximum atomic E-state index is 12.8. The van der Waals surface area contributed by atoms with Crippen LogP contribution in [0.5, 0.6) is 11.5 Å². The molecule has 0 radical (unpaired) electrons. The van der Waals surface area contributed by atoms with Crippen molar-refractivity contribution < 1.29 is 37.4 Å². The number of rotatable bonds is 5. The SMILES string of the molecule is COc1cc(C(=O)N2CCC[C@@H]2C(=O)NO)cc(SC(F)(F)F)c1OC. The standard InChI is InChI=1S/C15H17F3N2O5S/c1-24-10-6-8(7-11(12(10)25-2)26-15(16,17)18)14(22)20-5-3-4-9(20)13(21)19-23/h6-7,9,23H,3-5H2,1-2H3,(H,19,21)/t9-/m1/s1. The maximum absolute atomic E-state index is 12.8. The van der Waals surface area contributed by atoms with Crippen LogP contribution < -0.4 is 15.0 Å². The van der Waals surface area contributed by atoms with Crippen molar-refractivity contribution in [2.24, 2.45) is 0 Å². The molecule has 1 aliphatic heterocycles. The summed E-state index contributed by atoms with van der Waals surface area (Å²) in [5.74, 6) is -1.56. The quantitative estimate of drug-likeness (QED) is 0.453. The number of ether oxygens (including phenoxy) is 2. The molecule has 11 heteroatoms. The van der Waals surface area contributed by atoms with Crippen LogP contribution in [0, 0.1) is 0 Å². The number of hydroxylamine groups is 1. The number of likely N-dealkylation sites (tertiary alicyclic amines) is 1. The van der Waals surface area contributed by atoms with Gasteiger partial charge in [0.1, 0.15) is 6.04 Å². The average molecular weight is 394 g/mol. The zero-order valence-electron chi connectivity index (χ0n) is 13.9. The molecule has 0 bridgehead atoms. The van der Waals surface area contributed by atoms with Crippen molar-refractivity contribution in [3.8, 4) is 11.5 Å². The van der Waals surface area contributed by atoms with Crippen LogP contribution in [0.3, 0.4) is 0 Å². The first kappa shape index (κ1) is 20.2. The van der Waals surface area contributed by atoms with Crippen molar-refractivity contribution >= 4 is 23.6 Å². The van der Waals surface area contributed by atoms with Crippen LogP contribution in [0.1, 0.15) is 23.2 Å². The third-order valence-electron chi connectivity index (χ3n) is 3.84. The van der Waals surface area contributed by atoms with Crippen LogP contribution in [0.25, 0.3) is 0 Å². The van der Waals surface area contributed by atoms with E-state index in [4.69, 9.17) is 14.7 Å². The topological polar surface area (TPSA) is 88.1 Å². The lowest BCUT2D eigenvalue weighted by molar-refractivity contribution is -0.133. The molecule has 2 amide bonds. The van der Waals surface area contributed by atoms with Crippen molar-refractivity contribution in [3.63, 3.8) is 0 Å². The Kier molecular flexibility index (Phi) is 6.24. The molecule has 1 atom stereocenters. The molecule has 1 fully saturated rings. The molecule has 0 unspecified atom stereocenters. The molecule has 26 heavy (non-hydrogen) atoms. The number of nitrogens with zero attached hydrogens (tertiary/aromatic N) is 1. The first-order valence-corrected chi connectivity index (χ1v) is 8.30. The smallest absolute Gasteiger partial charge is 0.446 e. The van der Waals surface area contributed by atoms with Crippen LogP contribution in [0.15, 0.2) is 17.0 Å². The van der Waals surface area contributed by atoms with E-state index in [1.54, 1.807) is 0 Å². The summed E-state index contributed by atoms with van der Waals surface area (Å²) in [6.07, 6.45) is 0.872. The minimum atomic E-state index is -4.59. The molecular formula is C15H17F3N2O5S. The monoisotopic (exact) mass is 394 g/mol. The van der Waals surface area contributed by atoms with Gasteiger partial charge in [-0.25, -0.2) is 5.48 Å². The van der Waals surface area contributed by atoms with E-state index in [2.05, 4.69) is 0 Å². The Morgan fingerprint density at radius 3 is 2.54 bits per heavy atom. The Balaban J connectivity index is 2.43. The largest absolute Gasteiger partial charge is 0.493 e. The highest BCUT2D eigenvalue weighted by Gasteiger charge is 2.36. The minimum absolute atomic E-state index is 0.0348. The second-order valence-electron chi connectivity index (χ2n) is 5.39. The van der Waals surface area contributed by atoms with Gasteiger partial charge in [0.15, 0.2) is 11.5 Å². The number of benzene rings is 1. The number of thioether (sulfide) groups is 1. The summed E-state index contributed by atoms with van der Waals surface area (Å²) in [6, 6.07) is 1.42. The Morgan fingerprint density at radius 2 is 2.00 bits per heavy atom. The summed E-state index contributed by atoms with van der Waals surface area (Å²) in [6.45, 7) is 0.243. The second kappa shape index (κ2) is 8.04. The first-order chi connectivity index (χ1) is 12.2. The van der Waals surface area contributed by atoms with Crippen molar-refractivity contribution in [2.45, 2.75) is 29.3 Å². The lowest BCUT2D eigenvalue weighted by Gasteiger charge is -2.24. The number of carbonyl (C=O) groups is 2. The molecule has 7 nitrogen and oxygen atoms in total. The van der Waals surface area contributed by atoms with E-state index in [0.29, 0.717) is 12.8 Å². The van der Waals surface area contributed by atoms with E-state index < -0.39 is 35.1 Å². The molecule has 2 N–H and O–H groups in total. The number of alkyl halides is 3. The van der Waals surface area contributed by atoms with Gasteiger partial charge in [0.25, 0.3) is 11.8 Å². The number of halogens is 3. The number of hydrogen-bond acceptors (Lipinski definition) is 6. The van der Waals surface area contributed by atoms with Crippen LogP contribution >= 0.6 is 11.8 Å². The zero-order chi connectivity index (χ0) is 19.5. The number of carbonyl (C=O) groups excluding carboxylic acids is 2. The fraction of sp³-hybridized carbons (Fsp3) is 0.467. The molecule has 1 aromatic rings. The van der Waals surface area contributed by atoms with Crippen molar-refractivity contribution in [1.82, 2.24) is 10.4 Å². The average Bonchev–Trinajstić information content (AvgIpc) is 3.07. The Morgan fingerprint density at radius 1 is 1.31 bits per heavy atom. The van der Waals surface area contributed by atoms with Crippen molar-refractivity contribution in [1.29, 1.82) is 0 Å². The molecule has 0 aromatic heterocycles. The molecular weight excluding hydrogens is 377 g/mol. The fourth-order valence-corrected chi connectivity index (χ4v) is 3.49. The predicted octanol–water partition coefficient (Wildman–Crippen LogP) is 2.43. The van der Waals surface area contributed by atoms with Gasteiger partial charge in [-0.3, -0.25) is 14.8 Å². The highest BCUT2D eigenvalue weighted by molar-refractivity contribution is 8.00. The van der Waals surface area contributed by atoms with E-state index in [1.807, 2.05) is 0 Å². The molecule has 2 rings (SSSR count). The van der Waals surface area contributed by atoms with E-state index in [-0.39, 0.29) is 28.5 Å². The second-order valence-corrected chi connectivity index (χ2v) is 6.50. The third kappa shape index (κ3) is 4.33. The molecule has 0 saturated carbocycles. The summed E-state index contributed by atoms with van der Waals surface area (Å²) in [5.41, 5.74) is -3.17. The van der Waals surface area contributed by atoms with Gasteiger partial charge >= 0.3 is 5.51 Å². The molecule has 0 aliphatic carbocycles. The normalized spacial score (nSPS) is 17.2. The number of nitrogens with one attached hydrogen (secondary N) is 1. The molecule has 1 aromatic carbocycles. The molecule has 144 valence electrons. The van der Waals surface area contributed by atoms with Gasteiger partial charge in [-0.05, 0) is 36.7 Å². The van der Waals surface area contributed by atoms with Gasteiger partial charge in [0, 0.05) is 12.1 Å². The van der Waals surface area contributed by atoms with Crippen molar-refractivity contribution in [2.75, 3.05) is 20.8 Å². The summed E-state index contributed by atoms with van der Waals surface area (Å²) >= 11 is -0.428. The van der Waals surface area contributed by atoms with Gasteiger partial charge in [0.2, 0.25) is 0 Å². The summed E-state index contributed by atoms with van der Waals surface area (Å²) in [7, 11) is 2.44. The number of amides is 2. The fourth-order valence-electron chi connectivity index (χ4n) is 2.78. The van der Waals surface area contributed by atoms with E-state index >= 15 is 0 Å². The van der Waals surface area contributed by atoms with Gasteiger partial charge < -0.3 is 14.4 Å². The number of hydrogen-bond donors (Lipinski definition) is 2. The highest BCUT2D eigenvalue weighted by atomic mass is 32.2. The molecule has 1 saturated heterocycles. The van der Waals surface area contributed by atoms with Gasteiger partial charge in [0.05, 0.1) is 19.1 Å². The van der Waals surface area contributed by atoms with Crippen LogP contribution in [-0.4, -0.2) is 54.2 Å². The maximum Gasteiger partial charge on any atom is 0.446 e. The van der Waals surface area contributed by atoms with Crippen LogP contribution in [0.2, 0.25) is 0 Å². The lowest BCUT2D eigenvalue weighted by Crippen LogP contribution is -2.45. The summed E-state index contributed by atoms with van der Waals surface area (Å²) < 4.78 is 48.5. The Hall–Kier alpha value is -2.14. The van der Waals surface area contributed by atoms with E-state index in [0.717, 1.165) is 6.07 Å². The van der Waals surface area contributed by atoms with Gasteiger partial charge in [-0.15, -0.1) is 0 Å².